The number of rotatable bonds is 6. The highest BCUT2D eigenvalue weighted by Crippen LogP contribution is 2.49. The van der Waals surface area contributed by atoms with Gasteiger partial charge in [0.2, 0.25) is 0 Å². The largest absolute Gasteiger partial charge is 0.456 e. The van der Waals surface area contributed by atoms with Gasteiger partial charge in [-0.05, 0) is 146 Å². The van der Waals surface area contributed by atoms with E-state index in [1.165, 1.54) is 104 Å². The van der Waals surface area contributed by atoms with Crippen molar-refractivity contribution < 1.29 is 4.42 Å². The van der Waals surface area contributed by atoms with Crippen LogP contribution in [0.15, 0.2) is 247 Å². The molecule has 0 atom stereocenters. The molecule has 65 heavy (non-hydrogen) atoms. The molecular formula is C64H40O. The van der Waals surface area contributed by atoms with Gasteiger partial charge in [-0.2, -0.15) is 0 Å². The normalized spacial score (nSPS) is 11.7. The molecule has 0 fully saturated rings. The lowest BCUT2D eigenvalue weighted by molar-refractivity contribution is 0.669. The Morgan fingerprint density at radius 1 is 0.200 bits per heavy atom. The first-order chi connectivity index (χ1) is 32.3. The van der Waals surface area contributed by atoms with E-state index in [4.69, 9.17) is 4.42 Å². The molecular weight excluding hydrogens is 785 g/mol. The second kappa shape index (κ2) is 15.1. The Hall–Kier alpha value is -8.52. The fourth-order valence-corrected chi connectivity index (χ4v) is 10.6. The summed E-state index contributed by atoms with van der Waals surface area (Å²) in [6.45, 7) is 0. The predicted octanol–water partition coefficient (Wildman–Crippen LogP) is 18.2. The van der Waals surface area contributed by atoms with Gasteiger partial charge in [0.1, 0.15) is 11.2 Å². The first-order valence-electron chi connectivity index (χ1n) is 22.4. The molecule has 0 amide bonds. The molecule has 13 aromatic rings. The van der Waals surface area contributed by atoms with Crippen molar-refractivity contribution in [3.63, 3.8) is 0 Å². The highest BCUT2D eigenvalue weighted by Gasteiger charge is 2.23. The summed E-state index contributed by atoms with van der Waals surface area (Å²) in [7, 11) is 0. The van der Waals surface area contributed by atoms with Crippen molar-refractivity contribution in [2.75, 3.05) is 0 Å². The Morgan fingerprint density at radius 3 is 1.06 bits per heavy atom. The second-order valence-electron chi connectivity index (χ2n) is 17.1. The molecule has 1 nitrogen and oxygen atoms in total. The molecule has 0 saturated heterocycles. The molecule has 0 aliphatic heterocycles. The summed E-state index contributed by atoms with van der Waals surface area (Å²) in [4.78, 5) is 0. The fraction of sp³-hybridized carbons (Fsp3) is 0. The second-order valence-corrected chi connectivity index (χ2v) is 17.1. The smallest absolute Gasteiger partial charge is 0.136 e. The van der Waals surface area contributed by atoms with Gasteiger partial charge < -0.3 is 4.42 Å². The molecule has 0 saturated carbocycles. The third kappa shape index (κ3) is 6.01. The van der Waals surface area contributed by atoms with Crippen molar-refractivity contribution >= 4 is 65.0 Å². The Balaban J connectivity index is 1.04. The van der Waals surface area contributed by atoms with Crippen LogP contribution in [-0.4, -0.2) is 0 Å². The van der Waals surface area contributed by atoms with E-state index < -0.39 is 0 Å². The van der Waals surface area contributed by atoms with Crippen molar-refractivity contribution in [3.05, 3.63) is 243 Å². The van der Waals surface area contributed by atoms with Gasteiger partial charge in [0.05, 0.1) is 0 Å². The van der Waals surface area contributed by atoms with E-state index in [9.17, 15) is 0 Å². The lowest BCUT2D eigenvalue weighted by Gasteiger charge is -2.19. The van der Waals surface area contributed by atoms with E-state index in [2.05, 4.69) is 243 Å². The van der Waals surface area contributed by atoms with E-state index in [0.717, 1.165) is 27.5 Å². The summed E-state index contributed by atoms with van der Waals surface area (Å²) < 4.78 is 6.92. The maximum atomic E-state index is 6.92. The topological polar surface area (TPSA) is 13.1 Å². The van der Waals surface area contributed by atoms with Gasteiger partial charge in [-0.15, -0.1) is 0 Å². The molecule has 0 bridgehead atoms. The SMILES string of the molecule is c1ccc(-c2cc(-c3ccccc3)cc(-c3c4ccccc4c(-c4cccc5oc6cc(-c7c8ccccc8c(-c8ccccc8)c8ccccc78)ccc6c45)c4ccccc34)c2)cc1. The van der Waals surface area contributed by atoms with Gasteiger partial charge in [0.15, 0.2) is 0 Å². The van der Waals surface area contributed by atoms with Gasteiger partial charge in [-0.3, -0.25) is 0 Å². The molecule has 302 valence electrons. The van der Waals surface area contributed by atoms with Gasteiger partial charge in [0, 0.05) is 10.8 Å². The summed E-state index contributed by atoms with van der Waals surface area (Å²) in [5.74, 6) is 0. The number of hydrogen-bond acceptors (Lipinski definition) is 1. The number of fused-ring (bicyclic) bond motifs is 7. The van der Waals surface area contributed by atoms with E-state index in [1.54, 1.807) is 0 Å². The molecule has 0 spiro atoms. The molecule has 0 N–H and O–H groups in total. The van der Waals surface area contributed by atoms with Crippen LogP contribution >= 0.6 is 0 Å². The third-order valence-electron chi connectivity index (χ3n) is 13.4. The van der Waals surface area contributed by atoms with Crippen LogP contribution in [0.2, 0.25) is 0 Å². The van der Waals surface area contributed by atoms with Crippen molar-refractivity contribution in [1.29, 1.82) is 0 Å². The van der Waals surface area contributed by atoms with Crippen LogP contribution in [-0.2, 0) is 0 Å². The first kappa shape index (κ1) is 37.1. The molecule has 0 radical (unpaired) electrons. The van der Waals surface area contributed by atoms with E-state index in [1.807, 2.05) is 0 Å². The number of hydrogen-bond donors (Lipinski definition) is 0. The van der Waals surface area contributed by atoms with E-state index in [0.29, 0.717) is 0 Å². The summed E-state index contributed by atoms with van der Waals surface area (Å²) in [5.41, 5.74) is 16.2. The van der Waals surface area contributed by atoms with Gasteiger partial charge in [-0.25, -0.2) is 0 Å². The minimum atomic E-state index is 0.877. The van der Waals surface area contributed by atoms with Crippen molar-refractivity contribution in [2.45, 2.75) is 0 Å². The lowest BCUT2D eigenvalue weighted by Crippen LogP contribution is -1.92. The summed E-state index contributed by atoms with van der Waals surface area (Å²) in [6.07, 6.45) is 0. The minimum absolute atomic E-state index is 0.877. The lowest BCUT2D eigenvalue weighted by atomic mass is 9.83. The zero-order valence-electron chi connectivity index (χ0n) is 35.5. The van der Waals surface area contributed by atoms with Crippen molar-refractivity contribution in [3.8, 4) is 66.8 Å². The summed E-state index contributed by atoms with van der Waals surface area (Å²) in [6, 6.07) is 88.4. The maximum absolute atomic E-state index is 6.92. The third-order valence-corrected chi connectivity index (χ3v) is 13.4. The molecule has 1 heterocycles. The molecule has 0 unspecified atom stereocenters. The van der Waals surface area contributed by atoms with E-state index >= 15 is 0 Å². The van der Waals surface area contributed by atoms with Gasteiger partial charge in [0.25, 0.3) is 0 Å². The van der Waals surface area contributed by atoms with Gasteiger partial charge in [-0.1, -0.05) is 206 Å². The number of furan rings is 1. The standard InChI is InChI=1S/C64H40O/c1-4-19-41(20-5-1)45-37-46(42-21-6-2-7-22-42)39-47(38-45)62-52-29-14-16-31-54(52)63(55-32-17-15-30-53(55)62)57-33-18-34-58-64(57)56-36-35-44(40-59(56)65-58)61-50-27-12-10-25-48(50)60(43-23-8-3-9-24-43)49-26-11-13-28-51(49)61/h1-40H. The highest BCUT2D eigenvalue weighted by molar-refractivity contribution is 6.27. The average Bonchev–Trinajstić information content (AvgIpc) is 3.76. The minimum Gasteiger partial charge on any atom is -0.456 e. The van der Waals surface area contributed by atoms with Crippen LogP contribution in [0.25, 0.3) is 132 Å². The Kier molecular flexibility index (Phi) is 8.60. The Morgan fingerprint density at radius 2 is 0.585 bits per heavy atom. The van der Waals surface area contributed by atoms with Crippen molar-refractivity contribution in [1.82, 2.24) is 0 Å². The molecule has 1 aromatic heterocycles. The van der Waals surface area contributed by atoms with Crippen LogP contribution in [0.4, 0.5) is 0 Å². The average molecular weight is 825 g/mol. The molecule has 12 aromatic carbocycles. The first-order valence-corrected chi connectivity index (χ1v) is 22.4. The van der Waals surface area contributed by atoms with Crippen LogP contribution in [0.3, 0.4) is 0 Å². The molecule has 0 aliphatic rings. The quantitative estimate of drug-likeness (QED) is 0.152. The summed E-state index contributed by atoms with van der Waals surface area (Å²) in [5, 5.41) is 12.0. The molecule has 1 heteroatoms. The maximum Gasteiger partial charge on any atom is 0.136 e. The Labute approximate surface area is 377 Å². The zero-order valence-corrected chi connectivity index (χ0v) is 35.5. The number of benzene rings is 12. The van der Waals surface area contributed by atoms with Crippen LogP contribution in [0, 0.1) is 0 Å². The van der Waals surface area contributed by atoms with Crippen LogP contribution in [0.1, 0.15) is 0 Å². The molecule has 13 rings (SSSR count). The Bertz CT molecular complexity index is 3800. The fourth-order valence-electron chi connectivity index (χ4n) is 10.6. The van der Waals surface area contributed by atoms with Crippen molar-refractivity contribution in [2.24, 2.45) is 0 Å². The van der Waals surface area contributed by atoms with E-state index in [-0.39, 0.29) is 0 Å². The monoisotopic (exact) mass is 824 g/mol. The highest BCUT2D eigenvalue weighted by atomic mass is 16.3. The summed E-state index contributed by atoms with van der Waals surface area (Å²) >= 11 is 0. The predicted molar refractivity (Wildman–Crippen MR) is 276 cm³/mol. The van der Waals surface area contributed by atoms with Crippen LogP contribution in [0.5, 0.6) is 0 Å². The van der Waals surface area contributed by atoms with Crippen LogP contribution < -0.4 is 0 Å². The molecule has 0 aliphatic carbocycles. The zero-order chi connectivity index (χ0) is 42.8. The van der Waals surface area contributed by atoms with Gasteiger partial charge >= 0.3 is 0 Å².